The van der Waals surface area contributed by atoms with Crippen LogP contribution >= 0.6 is 0 Å². The van der Waals surface area contributed by atoms with Crippen LogP contribution in [0.5, 0.6) is 0 Å². The zero-order valence-electron chi connectivity index (χ0n) is 19.1. The van der Waals surface area contributed by atoms with Gasteiger partial charge in [0.1, 0.15) is 23.1 Å². The third-order valence-corrected chi connectivity index (χ3v) is 7.92. The number of benzene rings is 2. The summed E-state index contributed by atoms with van der Waals surface area (Å²) in [5.74, 6) is -3.24. The predicted octanol–water partition coefficient (Wildman–Crippen LogP) is 2.99. The van der Waals surface area contributed by atoms with Crippen LogP contribution in [0.1, 0.15) is 32.8 Å². The van der Waals surface area contributed by atoms with E-state index in [0.717, 1.165) is 12.1 Å². The van der Waals surface area contributed by atoms with Gasteiger partial charge >= 0.3 is 0 Å². The highest BCUT2D eigenvalue weighted by Gasteiger charge is 2.62. The van der Waals surface area contributed by atoms with Gasteiger partial charge in [0.2, 0.25) is 10.0 Å². The van der Waals surface area contributed by atoms with Gasteiger partial charge in [0.25, 0.3) is 5.91 Å². The Balaban J connectivity index is 1.72. The Bertz CT molecular complexity index is 1210. The first-order valence-electron chi connectivity index (χ1n) is 11.1. The largest absolute Gasteiger partial charge is 0.381 e. The monoisotopic (exact) mass is 496 g/mol. The molecular weight excluding hydrogens is 469 g/mol. The Hall–Kier alpha value is -2.43. The lowest BCUT2D eigenvalue weighted by Gasteiger charge is -2.35. The number of rotatable bonds is 7. The fraction of sp³-hybridized carbons (Fsp3) is 0.458. The molecule has 1 amide bonds. The fourth-order valence-corrected chi connectivity index (χ4v) is 5.72. The minimum Gasteiger partial charge on any atom is -0.381 e. The Labute approximate surface area is 196 Å². The molecular formula is C24H27F3N2O4S. The molecule has 6 nitrogen and oxygen atoms in total. The number of nitrogens with zero attached hydrogens (tertiary/aromatic N) is 1. The predicted molar refractivity (Wildman–Crippen MR) is 121 cm³/mol. The second-order valence-electron chi connectivity index (χ2n) is 9.49. The van der Waals surface area contributed by atoms with Gasteiger partial charge in [0.15, 0.2) is 0 Å². The molecule has 0 aromatic heterocycles. The molecule has 4 atom stereocenters. The Morgan fingerprint density at radius 3 is 2.41 bits per heavy atom. The van der Waals surface area contributed by atoms with Crippen molar-refractivity contribution in [2.45, 2.75) is 57.3 Å². The van der Waals surface area contributed by atoms with Crippen LogP contribution in [0.4, 0.5) is 13.2 Å². The molecule has 10 heteroatoms. The molecule has 0 radical (unpaired) electrons. The Morgan fingerprint density at radius 1 is 1.18 bits per heavy atom. The first kappa shape index (κ1) is 24.7. The molecule has 2 N–H and O–H groups in total. The maximum atomic E-state index is 15.5. The summed E-state index contributed by atoms with van der Waals surface area (Å²) in [4.78, 5) is 14.5. The minimum absolute atomic E-state index is 0.00916. The number of hydrogen-bond donors (Lipinski definition) is 2. The topological polar surface area (TPSA) is 86.7 Å². The maximum Gasteiger partial charge on any atom is 0.254 e. The molecule has 0 bridgehead atoms. The van der Waals surface area contributed by atoms with Crippen molar-refractivity contribution in [3.8, 4) is 11.1 Å². The summed E-state index contributed by atoms with van der Waals surface area (Å²) in [5, 5.41) is 10.4. The maximum absolute atomic E-state index is 15.5. The van der Waals surface area contributed by atoms with Crippen LogP contribution in [0.3, 0.4) is 0 Å². The lowest BCUT2D eigenvalue weighted by atomic mass is 9.94. The molecule has 4 rings (SSSR count). The molecule has 1 saturated heterocycles. The van der Waals surface area contributed by atoms with E-state index in [1.54, 1.807) is 6.07 Å². The molecule has 2 aromatic rings. The number of hydrogen-bond acceptors (Lipinski definition) is 4. The van der Waals surface area contributed by atoms with E-state index in [-0.39, 0.29) is 40.8 Å². The first-order chi connectivity index (χ1) is 15.8. The molecule has 1 aliphatic heterocycles. The summed E-state index contributed by atoms with van der Waals surface area (Å²) >= 11 is 0. The number of halogens is 3. The van der Waals surface area contributed by atoms with Crippen LogP contribution in [0, 0.1) is 23.4 Å². The molecule has 1 aliphatic carbocycles. The van der Waals surface area contributed by atoms with E-state index in [9.17, 15) is 27.1 Å². The molecule has 1 heterocycles. The van der Waals surface area contributed by atoms with Gasteiger partial charge in [-0.05, 0) is 62.8 Å². The number of amides is 1. The lowest BCUT2D eigenvalue weighted by molar-refractivity contribution is -0.150. The van der Waals surface area contributed by atoms with Crippen molar-refractivity contribution in [1.29, 1.82) is 0 Å². The zero-order chi connectivity index (χ0) is 25.0. The third kappa shape index (κ3) is 4.71. The number of sulfonamides is 1. The number of carbonyl (C=O) groups is 1. The Kier molecular flexibility index (Phi) is 6.28. The van der Waals surface area contributed by atoms with Crippen molar-refractivity contribution >= 4 is 15.9 Å². The molecule has 2 aromatic carbocycles. The van der Waals surface area contributed by atoms with Gasteiger partial charge in [-0.1, -0.05) is 18.2 Å². The number of carbonyl (C=O) groups excluding carboxylic acids is 1. The highest BCUT2D eigenvalue weighted by atomic mass is 32.2. The van der Waals surface area contributed by atoms with Gasteiger partial charge < -0.3 is 10.0 Å². The van der Waals surface area contributed by atoms with Crippen molar-refractivity contribution in [1.82, 2.24) is 9.62 Å². The van der Waals surface area contributed by atoms with E-state index in [1.165, 1.54) is 37.8 Å². The molecule has 2 fully saturated rings. The summed E-state index contributed by atoms with van der Waals surface area (Å²) in [6.45, 7) is 4.21. The number of likely N-dealkylation sites (tertiary alicyclic amines) is 1. The van der Waals surface area contributed by atoms with Gasteiger partial charge in [-0.15, -0.1) is 0 Å². The van der Waals surface area contributed by atoms with Gasteiger partial charge in [0, 0.05) is 23.7 Å². The highest BCUT2D eigenvalue weighted by Crippen LogP contribution is 2.50. The third-order valence-electron chi connectivity index (χ3n) is 6.53. The van der Waals surface area contributed by atoms with Crippen LogP contribution in [0.2, 0.25) is 0 Å². The molecule has 0 unspecified atom stereocenters. The van der Waals surface area contributed by atoms with Crippen LogP contribution in [-0.2, 0) is 21.2 Å². The van der Waals surface area contributed by atoms with Gasteiger partial charge in [-0.2, -0.15) is 0 Å². The standard InChI is InChI=1S/C24H27F3N2O4S/c1-4-34(32,33)28-22-18-12-19(18)29(23(30)24(2,3)31)20(22)10-13-6-5-7-17(21(13)27)14-8-15(25)11-16(26)9-14/h5-9,11,18-20,22,28,31H,4,10,12H2,1-3H3/t18-,19+,20+,22+/m0/s1. The second-order valence-corrected chi connectivity index (χ2v) is 11.5. The van der Waals surface area contributed by atoms with Crippen molar-refractivity contribution in [3.05, 3.63) is 59.4 Å². The molecule has 1 saturated carbocycles. The van der Waals surface area contributed by atoms with Gasteiger partial charge in [-0.25, -0.2) is 26.3 Å². The van der Waals surface area contributed by atoms with Crippen molar-refractivity contribution in [3.63, 3.8) is 0 Å². The van der Waals surface area contributed by atoms with Gasteiger partial charge in [-0.3, -0.25) is 4.79 Å². The van der Waals surface area contributed by atoms with Crippen LogP contribution in [-0.4, -0.2) is 53.8 Å². The van der Waals surface area contributed by atoms with Crippen molar-refractivity contribution < 1.29 is 31.5 Å². The molecule has 34 heavy (non-hydrogen) atoms. The number of fused-ring (bicyclic) bond motifs is 1. The van der Waals surface area contributed by atoms with Crippen molar-refractivity contribution in [2.24, 2.45) is 5.92 Å². The normalized spacial score (nSPS) is 24.3. The second kappa shape index (κ2) is 8.66. The summed E-state index contributed by atoms with van der Waals surface area (Å²) in [6, 6.07) is 5.55. The highest BCUT2D eigenvalue weighted by molar-refractivity contribution is 7.89. The lowest BCUT2D eigenvalue weighted by Crippen LogP contribution is -2.55. The van der Waals surface area contributed by atoms with E-state index in [0.29, 0.717) is 12.5 Å². The smallest absolute Gasteiger partial charge is 0.254 e. The number of nitrogens with one attached hydrogen (secondary N) is 1. The Morgan fingerprint density at radius 2 is 1.82 bits per heavy atom. The summed E-state index contributed by atoms with van der Waals surface area (Å²) in [7, 11) is -3.62. The summed E-state index contributed by atoms with van der Waals surface area (Å²) < 4.78 is 70.3. The van der Waals surface area contributed by atoms with E-state index < -0.39 is 51.1 Å². The summed E-state index contributed by atoms with van der Waals surface area (Å²) in [6.07, 6.45) is 0.545. The van der Waals surface area contributed by atoms with Crippen LogP contribution in [0.25, 0.3) is 11.1 Å². The van der Waals surface area contributed by atoms with E-state index in [2.05, 4.69) is 4.72 Å². The zero-order valence-corrected chi connectivity index (χ0v) is 19.9. The molecule has 2 aliphatic rings. The number of piperidine rings is 1. The minimum atomic E-state index is -3.62. The first-order valence-corrected chi connectivity index (χ1v) is 12.8. The van der Waals surface area contributed by atoms with E-state index >= 15 is 4.39 Å². The van der Waals surface area contributed by atoms with E-state index in [1.807, 2.05) is 0 Å². The average Bonchev–Trinajstić information content (AvgIpc) is 3.46. The van der Waals surface area contributed by atoms with Crippen LogP contribution in [0.15, 0.2) is 36.4 Å². The van der Waals surface area contributed by atoms with Gasteiger partial charge in [0.05, 0.1) is 11.8 Å². The van der Waals surface area contributed by atoms with Crippen LogP contribution < -0.4 is 4.72 Å². The number of aliphatic hydroxyl groups is 1. The van der Waals surface area contributed by atoms with Crippen molar-refractivity contribution in [2.75, 3.05) is 5.75 Å². The van der Waals surface area contributed by atoms with E-state index in [4.69, 9.17) is 0 Å². The quantitative estimate of drug-likeness (QED) is 0.617. The average molecular weight is 497 g/mol. The fourth-order valence-electron chi connectivity index (χ4n) is 4.80. The molecule has 184 valence electrons. The SMILES string of the molecule is CCS(=O)(=O)N[C@@H]1[C@H]2C[C@H]2N(C(=O)C(C)(C)O)[C@@H]1Cc1cccc(-c2cc(F)cc(F)c2)c1F. The summed E-state index contributed by atoms with van der Waals surface area (Å²) in [5.41, 5.74) is -1.50. The molecule has 0 spiro atoms.